The Bertz CT molecular complexity index is 1840. The largest absolute Gasteiger partial charge is 0.465 e. The summed E-state index contributed by atoms with van der Waals surface area (Å²) in [6, 6.07) is 19.5. The van der Waals surface area contributed by atoms with Crippen molar-refractivity contribution in [1.29, 1.82) is 0 Å². The number of nitrogens with two attached hydrogens (primary N) is 1. The predicted octanol–water partition coefficient (Wildman–Crippen LogP) is 6.94. The molecule has 2 heterocycles. The van der Waals surface area contributed by atoms with Gasteiger partial charge in [0.25, 0.3) is 0 Å². The summed E-state index contributed by atoms with van der Waals surface area (Å²) in [5.41, 5.74) is 8.40. The van der Waals surface area contributed by atoms with Gasteiger partial charge in [0.05, 0.1) is 30.3 Å². The van der Waals surface area contributed by atoms with Crippen LogP contribution >= 0.6 is 7.75 Å². The van der Waals surface area contributed by atoms with Gasteiger partial charge in [0.15, 0.2) is 5.82 Å². The number of unbranched alkanes of at least 4 members (excludes halogenated alkanes) is 1. The number of fused-ring (bicyclic) bond motifs is 4. The summed E-state index contributed by atoms with van der Waals surface area (Å²) in [5, 5.41) is 5.57. The Balaban J connectivity index is 1.47. The predicted molar refractivity (Wildman–Crippen MR) is 176 cm³/mol. The average molecular weight is 634 g/mol. The number of hydrogen-bond acceptors (Lipinski definition) is 9. The molecule has 0 spiro atoms. The van der Waals surface area contributed by atoms with Crippen LogP contribution in [-0.4, -0.2) is 46.4 Å². The molecule has 3 aromatic carbocycles. The molecule has 45 heavy (non-hydrogen) atoms. The standard InChI is InChI=1S/C33H40N5O6P/c1-5-7-18-42-33(39)23(4)37-45(40,44-26-17-16-24-12-8-9-13-25(24)19-26)43-20-22(3)38-29(21-41-6-2)36-30-31(38)27-14-10-11-15-28(27)35-32(30)34/h8-17,19,22-23H,5-7,18,20-21H2,1-4H3,(H2,34,35)(H,37,40)/t22-,23-,45?/m0/s1. The number of hydrogen-bond donors (Lipinski definition) is 2. The molecule has 3 atom stereocenters. The summed E-state index contributed by atoms with van der Waals surface area (Å²) in [5.74, 6) is 0.713. The number of ether oxygens (including phenoxy) is 2. The number of pyridine rings is 1. The molecule has 12 heteroatoms. The first-order chi connectivity index (χ1) is 21.7. The zero-order valence-corrected chi connectivity index (χ0v) is 27.0. The monoisotopic (exact) mass is 633 g/mol. The second-order valence-electron chi connectivity index (χ2n) is 10.9. The van der Waals surface area contributed by atoms with Gasteiger partial charge in [0.1, 0.15) is 29.7 Å². The number of para-hydroxylation sites is 1. The summed E-state index contributed by atoms with van der Waals surface area (Å²) >= 11 is 0. The van der Waals surface area contributed by atoms with Gasteiger partial charge in [0, 0.05) is 12.0 Å². The third kappa shape index (κ3) is 7.45. The molecule has 0 amide bonds. The number of nitrogens with one attached hydrogen (secondary N) is 1. The van der Waals surface area contributed by atoms with Crippen molar-refractivity contribution >= 4 is 52.2 Å². The molecule has 0 aliphatic heterocycles. The van der Waals surface area contributed by atoms with Crippen molar-refractivity contribution in [3.63, 3.8) is 0 Å². The molecular weight excluding hydrogens is 593 g/mol. The van der Waals surface area contributed by atoms with Gasteiger partial charge in [-0.15, -0.1) is 0 Å². The first-order valence-corrected chi connectivity index (χ1v) is 16.8. The molecule has 3 N–H and O–H groups in total. The number of carbonyl (C=O) groups is 1. The quantitative estimate of drug-likeness (QED) is 0.0708. The summed E-state index contributed by atoms with van der Waals surface area (Å²) in [6.07, 6.45) is 1.61. The molecule has 11 nitrogen and oxygen atoms in total. The topological polar surface area (TPSA) is 140 Å². The third-order valence-electron chi connectivity index (χ3n) is 7.38. The van der Waals surface area contributed by atoms with Gasteiger partial charge < -0.3 is 24.3 Å². The number of benzene rings is 3. The Labute approximate surface area is 262 Å². The summed E-state index contributed by atoms with van der Waals surface area (Å²) in [7, 11) is -4.13. The smallest absolute Gasteiger partial charge is 0.459 e. The maximum Gasteiger partial charge on any atom is 0.459 e. The van der Waals surface area contributed by atoms with E-state index in [4.69, 9.17) is 29.2 Å². The van der Waals surface area contributed by atoms with Gasteiger partial charge in [-0.25, -0.2) is 14.5 Å². The molecule has 2 aromatic heterocycles. The van der Waals surface area contributed by atoms with Gasteiger partial charge in [-0.05, 0) is 56.2 Å². The van der Waals surface area contributed by atoms with Crippen LogP contribution in [0.1, 0.15) is 52.4 Å². The minimum absolute atomic E-state index is 0.0589. The molecule has 1 unspecified atom stereocenters. The zero-order valence-electron chi connectivity index (χ0n) is 26.1. The lowest BCUT2D eigenvalue weighted by Gasteiger charge is -2.25. The van der Waals surface area contributed by atoms with Crippen molar-refractivity contribution in [3.05, 3.63) is 72.6 Å². The molecule has 0 aliphatic carbocycles. The number of rotatable bonds is 15. The Kier molecular flexibility index (Phi) is 10.4. The van der Waals surface area contributed by atoms with Crippen LogP contribution in [0, 0.1) is 0 Å². The van der Waals surface area contributed by atoms with E-state index in [1.54, 1.807) is 19.1 Å². The van der Waals surface area contributed by atoms with Crippen molar-refractivity contribution in [1.82, 2.24) is 19.6 Å². The Morgan fingerprint density at radius 1 is 1.02 bits per heavy atom. The number of imidazole rings is 1. The third-order valence-corrected chi connectivity index (χ3v) is 9.03. The van der Waals surface area contributed by atoms with E-state index < -0.39 is 25.8 Å². The Morgan fingerprint density at radius 2 is 1.78 bits per heavy atom. The van der Waals surface area contributed by atoms with Crippen LogP contribution in [0.15, 0.2) is 66.7 Å². The second kappa shape index (κ2) is 14.4. The molecule has 0 bridgehead atoms. The van der Waals surface area contributed by atoms with E-state index in [2.05, 4.69) is 10.1 Å². The second-order valence-corrected chi connectivity index (χ2v) is 12.6. The fourth-order valence-corrected chi connectivity index (χ4v) is 6.67. The Morgan fingerprint density at radius 3 is 2.56 bits per heavy atom. The first kappa shape index (κ1) is 32.4. The van der Waals surface area contributed by atoms with Crippen LogP contribution in [0.25, 0.3) is 32.7 Å². The zero-order chi connectivity index (χ0) is 32.0. The van der Waals surface area contributed by atoms with E-state index >= 15 is 0 Å². The van der Waals surface area contributed by atoms with E-state index in [9.17, 15) is 9.36 Å². The van der Waals surface area contributed by atoms with E-state index in [-0.39, 0.29) is 19.8 Å². The number of nitrogen functional groups attached to an aromatic ring is 1. The fraction of sp³-hybridized carbons (Fsp3) is 0.364. The highest BCUT2D eigenvalue weighted by molar-refractivity contribution is 7.52. The van der Waals surface area contributed by atoms with E-state index in [1.807, 2.05) is 79.9 Å². The molecule has 0 saturated heterocycles. The lowest BCUT2D eigenvalue weighted by atomic mass is 10.1. The molecular formula is C33H40N5O6P. The van der Waals surface area contributed by atoms with Gasteiger partial charge in [-0.1, -0.05) is 61.9 Å². The lowest BCUT2D eigenvalue weighted by molar-refractivity contribution is -0.145. The molecule has 5 aromatic rings. The molecule has 0 saturated carbocycles. The highest BCUT2D eigenvalue weighted by atomic mass is 31.2. The normalized spacial score (nSPS) is 14.4. The summed E-state index contributed by atoms with van der Waals surface area (Å²) < 4.78 is 39.6. The minimum Gasteiger partial charge on any atom is -0.465 e. The van der Waals surface area contributed by atoms with Gasteiger partial charge in [0.2, 0.25) is 0 Å². The highest BCUT2D eigenvalue weighted by Crippen LogP contribution is 2.46. The maximum atomic E-state index is 14.4. The van der Waals surface area contributed by atoms with Crippen LogP contribution in [-0.2, 0) is 30.0 Å². The van der Waals surface area contributed by atoms with Crippen molar-refractivity contribution in [3.8, 4) is 5.75 Å². The van der Waals surface area contributed by atoms with Crippen LogP contribution in [0.2, 0.25) is 0 Å². The van der Waals surface area contributed by atoms with Gasteiger partial charge >= 0.3 is 13.7 Å². The van der Waals surface area contributed by atoms with Crippen LogP contribution in [0.3, 0.4) is 0 Å². The summed E-state index contributed by atoms with van der Waals surface area (Å²) in [4.78, 5) is 22.1. The van der Waals surface area contributed by atoms with Crippen molar-refractivity contribution in [2.75, 3.05) is 25.6 Å². The minimum atomic E-state index is -4.13. The van der Waals surface area contributed by atoms with Gasteiger partial charge in [-0.2, -0.15) is 5.09 Å². The van der Waals surface area contributed by atoms with Crippen LogP contribution in [0.5, 0.6) is 5.75 Å². The molecule has 5 rings (SSSR count). The number of nitrogens with zero attached hydrogens (tertiary/aromatic N) is 3. The van der Waals surface area contributed by atoms with E-state index in [1.165, 1.54) is 0 Å². The Hall–Kier alpha value is -4.02. The molecule has 0 fully saturated rings. The highest BCUT2D eigenvalue weighted by Gasteiger charge is 2.34. The van der Waals surface area contributed by atoms with Crippen molar-refractivity contribution < 1.29 is 27.9 Å². The van der Waals surface area contributed by atoms with E-state index in [0.29, 0.717) is 29.5 Å². The number of esters is 1. The van der Waals surface area contributed by atoms with Crippen molar-refractivity contribution in [2.24, 2.45) is 0 Å². The fourth-order valence-electron chi connectivity index (χ4n) is 5.10. The SMILES string of the molecule is CCCCOC(=O)[C@H](C)NP(=O)(OC[C@H](C)n1c(COCC)nc2c(N)nc3ccccc3c21)Oc1ccc2ccccc2c1. The number of anilines is 1. The summed E-state index contributed by atoms with van der Waals surface area (Å²) in [6.45, 7) is 8.35. The molecule has 0 radical (unpaired) electrons. The maximum absolute atomic E-state index is 14.4. The van der Waals surface area contributed by atoms with E-state index in [0.717, 1.165) is 40.0 Å². The van der Waals surface area contributed by atoms with Crippen molar-refractivity contribution in [2.45, 2.75) is 59.2 Å². The van der Waals surface area contributed by atoms with Crippen LogP contribution < -0.4 is 15.3 Å². The van der Waals surface area contributed by atoms with Gasteiger partial charge in [-0.3, -0.25) is 9.32 Å². The van der Waals surface area contributed by atoms with Crippen LogP contribution in [0.4, 0.5) is 5.82 Å². The number of aromatic nitrogens is 3. The number of carbonyl (C=O) groups excluding carboxylic acids is 1. The lowest BCUT2D eigenvalue weighted by Crippen LogP contribution is -2.35. The first-order valence-electron chi connectivity index (χ1n) is 15.2. The molecule has 0 aliphatic rings. The molecule has 238 valence electrons. The average Bonchev–Trinajstić information content (AvgIpc) is 3.43.